The molecule has 0 bridgehead atoms. The minimum atomic E-state index is -1.16. The van der Waals surface area contributed by atoms with Gasteiger partial charge in [-0.15, -0.1) is 0 Å². The summed E-state index contributed by atoms with van der Waals surface area (Å²) in [5, 5.41) is 12.5. The van der Waals surface area contributed by atoms with Crippen LogP contribution in [0, 0.1) is 11.6 Å². The van der Waals surface area contributed by atoms with E-state index in [4.69, 9.17) is 0 Å². The van der Waals surface area contributed by atoms with Crippen LogP contribution in [0.4, 0.5) is 8.78 Å². The first-order valence-electron chi connectivity index (χ1n) is 8.02. The van der Waals surface area contributed by atoms with Crippen LogP contribution in [0.15, 0.2) is 18.2 Å². The number of nitrogens with one attached hydrogen (secondary N) is 1. The van der Waals surface area contributed by atoms with E-state index < -0.39 is 35.2 Å². The summed E-state index contributed by atoms with van der Waals surface area (Å²) in [5.74, 6) is -3.04. The minimum absolute atomic E-state index is 0.230. The molecule has 1 saturated heterocycles. The third-order valence-electron chi connectivity index (χ3n) is 4.86. The second-order valence-corrected chi connectivity index (χ2v) is 6.12. The number of hydrogen-bond acceptors (Lipinski definition) is 3. The molecule has 7 heteroatoms. The predicted molar refractivity (Wildman–Crippen MR) is 84.4 cm³/mol. The fourth-order valence-electron chi connectivity index (χ4n) is 3.27. The van der Waals surface area contributed by atoms with E-state index in [-0.39, 0.29) is 18.0 Å². The summed E-state index contributed by atoms with van der Waals surface area (Å²) in [6.45, 7) is 5.33. The Morgan fingerprint density at radius 1 is 1.33 bits per heavy atom. The number of nitrogens with zero attached hydrogens (tertiary/aromatic N) is 1. The average Bonchev–Trinajstić information content (AvgIpc) is 2.53. The normalized spacial score (nSPS) is 21.6. The van der Waals surface area contributed by atoms with Gasteiger partial charge in [0.1, 0.15) is 17.7 Å². The van der Waals surface area contributed by atoms with Crippen molar-refractivity contribution < 1.29 is 23.5 Å². The third kappa shape index (κ3) is 3.13. The molecule has 1 aliphatic rings. The van der Waals surface area contributed by atoms with E-state index in [2.05, 4.69) is 5.32 Å². The van der Waals surface area contributed by atoms with Crippen LogP contribution in [0.1, 0.15) is 45.2 Å². The molecule has 0 aliphatic carbocycles. The molecule has 132 valence electrons. The van der Waals surface area contributed by atoms with Gasteiger partial charge in [0.2, 0.25) is 5.91 Å². The summed E-state index contributed by atoms with van der Waals surface area (Å²) in [5.41, 5.74) is -0.617. The average molecular weight is 340 g/mol. The molecule has 1 heterocycles. The molecule has 2 N–H and O–H groups in total. The minimum Gasteiger partial charge on any atom is -0.480 e. The van der Waals surface area contributed by atoms with Gasteiger partial charge >= 0.3 is 5.97 Å². The first kappa shape index (κ1) is 18.3. The summed E-state index contributed by atoms with van der Waals surface area (Å²) >= 11 is 0. The molecule has 0 spiro atoms. The lowest BCUT2D eigenvalue weighted by Gasteiger charge is -2.48. The van der Waals surface area contributed by atoms with E-state index in [1.165, 1.54) is 11.8 Å². The van der Waals surface area contributed by atoms with Gasteiger partial charge in [-0.25, -0.2) is 13.6 Å². The van der Waals surface area contributed by atoms with Crippen LogP contribution in [0.3, 0.4) is 0 Å². The fraction of sp³-hybridized carbons (Fsp3) is 0.529. The van der Waals surface area contributed by atoms with Crippen molar-refractivity contribution in [3.05, 3.63) is 35.4 Å². The second kappa shape index (κ2) is 6.84. The summed E-state index contributed by atoms with van der Waals surface area (Å²) in [7, 11) is 0. The highest BCUT2D eigenvalue weighted by Gasteiger charge is 2.48. The molecule has 1 aromatic carbocycles. The van der Waals surface area contributed by atoms with Gasteiger partial charge in [-0.05, 0) is 37.5 Å². The van der Waals surface area contributed by atoms with E-state index in [1.54, 1.807) is 0 Å². The highest BCUT2D eigenvalue weighted by atomic mass is 19.1. The third-order valence-corrected chi connectivity index (χ3v) is 4.86. The maximum absolute atomic E-state index is 13.6. The zero-order valence-corrected chi connectivity index (χ0v) is 14.0. The second-order valence-electron chi connectivity index (χ2n) is 6.12. The molecular weight excluding hydrogens is 318 g/mol. The quantitative estimate of drug-likeness (QED) is 0.864. The van der Waals surface area contributed by atoms with Crippen LogP contribution < -0.4 is 5.32 Å². The Kier molecular flexibility index (Phi) is 5.22. The summed E-state index contributed by atoms with van der Waals surface area (Å²) in [6, 6.07) is 1.16. The standard InChI is InChI=1S/C17H22F2N2O3/c1-4-17(5-2)16(24)21(10(3)15(22)23)14(9-20-17)11-6-12(18)8-13(19)7-11/h6-8,10,14,20H,4-5,9H2,1-3H3,(H,22,23)/t10?,14-/m0/s1. The van der Waals surface area contributed by atoms with Crippen LogP contribution in [-0.4, -0.2) is 40.0 Å². The fourth-order valence-corrected chi connectivity index (χ4v) is 3.27. The molecule has 2 atom stereocenters. The molecule has 0 radical (unpaired) electrons. The topological polar surface area (TPSA) is 69.6 Å². The van der Waals surface area contributed by atoms with Crippen LogP contribution in [0.25, 0.3) is 0 Å². The lowest BCUT2D eigenvalue weighted by Crippen LogP contribution is -2.67. The van der Waals surface area contributed by atoms with Crippen LogP contribution in [0.5, 0.6) is 0 Å². The van der Waals surface area contributed by atoms with Gasteiger partial charge in [0.15, 0.2) is 0 Å². The Bertz CT molecular complexity index is 626. The first-order chi connectivity index (χ1) is 11.3. The number of piperazine rings is 1. The van der Waals surface area contributed by atoms with Crippen molar-refractivity contribution in [1.29, 1.82) is 0 Å². The number of carboxylic acid groups (broad SMARTS) is 1. The van der Waals surface area contributed by atoms with Crippen LogP contribution >= 0.6 is 0 Å². The molecule has 0 saturated carbocycles. The summed E-state index contributed by atoms with van der Waals surface area (Å²) < 4.78 is 27.1. The van der Waals surface area contributed by atoms with Gasteiger partial charge in [0.25, 0.3) is 0 Å². The van der Waals surface area contributed by atoms with Gasteiger partial charge < -0.3 is 15.3 Å². The number of hydrogen-bond donors (Lipinski definition) is 2. The highest BCUT2D eigenvalue weighted by molar-refractivity contribution is 5.91. The number of rotatable bonds is 5. The van der Waals surface area contributed by atoms with Crippen LogP contribution in [-0.2, 0) is 9.59 Å². The lowest BCUT2D eigenvalue weighted by molar-refractivity contribution is -0.159. The number of carbonyl (C=O) groups is 2. The smallest absolute Gasteiger partial charge is 0.326 e. The van der Waals surface area contributed by atoms with Crippen molar-refractivity contribution in [2.45, 2.75) is 51.2 Å². The zero-order valence-electron chi connectivity index (χ0n) is 14.0. The molecule has 0 aromatic heterocycles. The van der Waals surface area contributed by atoms with Crippen molar-refractivity contribution in [3.8, 4) is 0 Å². The highest BCUT2D eigenvalue weighted by Crippen LogP contribution is 2.33. The van der Waals surface area contributed by atoms with Gasteiger partial charge in [-0.1, -0.05) is 13.8 Å². The Morgan fingerprint density at radius 3 is 2.33 bits per heavy atom. The molecule has 1 amide bonds. The Morgan fingerprint density at radius 2 is 1.88 bits per heavy atom. The number of halogens is 2. The molecule has 5 nitrogen and oxygen atoms in total. The number of aliphatic carboxylic acids is 1. The molecule has 1 aromatic rings. The molecule has 1 unspecified atom stereocenters. The Balaban J connectivity index is 2.50. The van der Waals surface area contributed by atoms with Gasteiger partial charge in [0.05, 0.1) is 11.6 Å². The number of carboxylic acids is 1. The maximum Gasteiger partial charge on any atom is 0.326 e. The molecule has 24 heavy (non-hydrogen) atoms. The van der Waals surface area contributed by atoms with E-state index in [1.807, 2.05) is 13.8 Å². The predicted octanol–water partition coefficient (Wildman–Crippen LogP) is 2.47. The molecule has 1 aliphatic heterocycles. The van der Waals surface area contributed by atoms with E-state index in [0.717, 1.165) is 18.2 Å². The van der Waals surface area contributed by atoms with E-state index >= 15 is 0 Å². The van der Waals surface area contributed by atoms with Gasteiger partial charge in [0, 0.05) is 12.6 Å². The molecule has 2 rings (SSSR count). The number of amides is 1. The van der Waals surface area contributed by atoms with E-state index in [0.29, 0.717) is 12.8 Å². The van der Waals surface area contributed by atoms with Gasteiger partial charge in [-0.2, -0.15) is 0 Å². The van der Waals surface area contributed by atoms with Crippen molar-refractivity contribution in [3.63, 3.8) is 0 Å². The van der Waals surface area contributed by atoms with Crippen LogP contribution in [0.2, 0.25) is 0 Å². The SMILES string of the molecule is CCC1(CC)NC[C@@H](c2cc(F)cc(F)c2)N(C(C)C(=O)O)C1=O. The Hall–Kier alpha value is -2.02. The summed E-state index contributed by atoms with van der Waals surface area (Å²) in [6.07, 6.45) is 0.991. The Labute approximate surface area is 139 Å². The van der Waals surface area contributed by atoms with Gasteiger partial charge in [-0.3, -0.25) is 4.79 Å². The van der Waals surface area contributed by atoms with Crippen molar-refractivity contribution >= 4 is 11.9 Å². The zero-order chi connectivity index (χ0) is 18.1. The van der Waals surface area contributed by atoms with Crippen molar-refractivity contribution in [1.82, 2.24) is 10.2 Å². The number of carbonyl (C=O) groups excluding carboxylic acids is 1. The van der Waals surface area contributed by atoms with Crippen molar-refractivity contribution in [2.75, 3.05) is 6.54 Å². The van der Waals surface area contributed by atoms with E-state index in [9.17, 15) is 23.5 Å². The number of benzene rings is 1. The monoisotopic (exact) mass is 340 g/mol. The first-order valence-corrected chi connectivity index (χ1v) is 8.02. The maximum atomic E-state index is 13.6. The molecular formula is C17H22F2N2O3. The lowest BCUT2D eigenvalue weighted by atomic mass is 9.85. The molecule has 1 fully saturated rings. The summed E-state index contributed by atoms with van der Waals surface area (Å²) in [4.78, 5) is 25.7. The van der Waals surface area contributed by atoms with Crippen molar-refractivity contribution in [2.24, 2.45) is 0 Å². The largest absolute Gasteiger partial charge is 0.480 e.